The van der Waals surface area contributed by atoms with Gasteiger partial charge in [0.05, 0.1) is 29.8 Å². The molecule has 0 spiro atoms. The van der Waals surface area contributed by atoms with Crippen LogP contribution in [0.1, 0.15) is 23.6 Å². The van der Waals surface area contributed by atoms with E-state index in [0.717, 1.165) is 39.2 Å². The topological polar surface area (TPSA) is 69.0 Å². The van der Waals surface area contributed by atoms with Crippen molar-refractivity contribution in [3.8, 4) is 16.5 Å². The fourth-order valence-corrected chi connectivity index (χ4v) is 5.22. The number of amides is 1. The number of nitrogens with zero attached hydrogens (tertiary/aromatic N) is 3. The maximum Gasteiger partial charge on any atom is 0.230 e. The number of hydrogen-bond acceptors (Lipinski definition) is 6. The Morgan fingerprint density at radius 2 is 1.94 bits per heavy atom. The third kappa shape index (κ3) is 4.56. The van der Waals surface area contributed by atoms with Crippen LogP contribution in [-0.2, 0) is 11.3 Å². The fourth-order valence-electron chi connectivity index (χ4n) is 3.75. The van der Waals surface area contributed by atoms with Crippen LogP contribution >= 0.6 is 23.1 Å². The van der Waals surface area contributed by atoms with Crippen molar-refractivity contribution in [2.45, 2.75) is 24.2 Å². The smallest absolute Gasteiger partial charge is 0.230 e. The van der Waals surface area contributed by atoms with E-state index < -0.39 is 0 Å². The first-order valence-corrected chi connectivity index (χ1v) is 12.3. The van der Waals surface area contributed by atoms with Crippen LogP contribution in [0, 0.1) is 0 Å². The van der Waals surface area contributed by atoms with Crippen LogP contribution < -0.4 is 10.1 Å². The Hall–Kier alpha value is -3.10. The minimum atomic E-state index is -0.0306. The summed E-state index contributed by atoms with van der Waals surface area (Å²) in [5.74, 6) is 1.92. The Bertz CT molecular complexity index is 1190. The molecule has 1 amide bonds. The van der Waals surface area contributed by atoms with Gasteiger partial charge < -0.3 is 10.1 Å². The summed E-state index contributed by atoms with van der Waals surface area (Å²) in [6.07, 6.45) is 0.764. The third-order valence-corrected chi connectivity index (χ3v) is 7.10. The van der Waals surface area contributed by atoms with E-state index in [4.69, 9.17) is 4.74 Å². The molecule has 162 valence electrons. The molecular formula is C24H22N4O2S2. The summed E-state index contributed by atoms with van der Waals surface area (Å²) in [5.41, 5.74) is 2.19. The van der Waals surface area contributed by atoms with Crippen molar-refractivity contribution in [1.82, 2.24) is 20.1 Å². The molecule has 3 heterocycles. The molecule has 1 atom stereocenters. The molecule has 2 aromatic carbocycles. The zero-order valence-electron chi connectivity index (χ0n) is 17.3. The van der Waals surface area contributed by atoms with E-state index in [1.54, 1.807) is 11.3 Å². The molecule has 1 unspecified atom stereocenters. The molecule has 6 nitrogen and oxygen atoms in total. The van der Waals surface area contributed by atoms with Crippen LogP contribution in [0.15, 0.2) is 77.3 Å². The molecule has 0 saturated carbocycles. The first-order valence-electron chi connectivity index (χ1n) is 10.4. The summed E-state index contributed by atoms with van der Waals surface area (Å²) < 4.78 is 7.78. The molecule has 1 N–H and O–H groups in total. The number of ether oxygens (including phenoxy) is 1. The second kappa shape index (κ2) is 9.58. The van der Waals surface area contributed by atoms with Crippen LogP contribution in [0.4, 0.5) is 0 Å². The van der Waals surface area contributed by atoms with Crippen LogP contribution in [-0.4, -0.2) is 33.0 Å². The van der Waals surface area contributed by atoms with Gasteiger partial charge >= 0.3 is 0 Å². The lowest BCUT2D eigenvalue weighted by atomic mass is 10.0. The van der Waals surface area contributed by atoms with Gasteiger partial charge in [0.2, 0.25) is 5.91 Å². The number of benzene rings is 2. The number of carbonyl (C=O) groups is 1. The Morgan fingerprint density at radius 1 is 1.09 bits per heavy atom. The molecule has 0 radical (unpaired) electrons. The molecule has 5 rings (SSSR count). The van der Waals surface area contributed by atoms with E-state index in [1.165, 1.54) is 11.8 Å². The van der Waals surface area contributed by atoms with E-state index in [0.29, 0.717) is 13.2 Å². The number of nitrogens with one attached hydrogen (secondary N) is 1. The zero-order valence-corrected chi connectivity index (χ0v) is 18.9. The van der Waals surface area contributed by atoms with Gasteiger partial charge in [-0.1, -0.05) is 66.4 Å². The first-order chi connectivity index (χ1) is 15.8. The molecule has 2 aromatic heterocycles. The van der Waals surface area contributed by atoms with Gasteiger partial charge in [0, 0.05) is 12.0 Å². The summed E-state index contributed by atoms with van der Waals surface area (Å²) in [5, 5.41) is 14.8. The lowest BCUT2D eigenvalue weighted by Gasteiger charge is -2.26. The summed E-state index contributed by atoms with van der Waals surface area (Å²) in [4.78, 5) is 13.8. The second-order valence-corrected chi connectivity index (χ2v) is 9.33. The minimum Gasteiger partial charge on any atom is -0.493 e. The van der Waals surface area contributed by atoms with Crippen LogP contribution in [0.5, 0.6) is 5.75 Å². The highest BCUT2D eigenvalue weighted by Crippen LogP contribution is 2.32. The van der Waals surface area contributed by atoms with Crippen molar-refractivity contribution >= 4 is 29.0 Å². The third-order valence-electron chi connectivity index (χ3n) is 5.27. The van der Waals surface area contributed by atoms with Gasteiger partial charge in [0.25, 0.3) is 0 Å². The molecule has 8 heteroatoms. The Kier molecular flexibility index (Phi) is 6.22. The van der Waals surface area contributed by atoms with Crippen LogP contribution in [0.25, 0.3) is 10.7 Å². The number of aromatic nitrogens is 3. The zero-order chi connectivity index (χ0) is 21.8. The Labute approximate surface area is 194 Å². The SMILES string of the molecule is O=C(CSc1nnc(-c2cccs2)n1Cc1ccccc1)NC1CCOc2ccccc21. The molecule has 0 aliphatic carbocycles. The largest absolute Gasteiger partial charge is 0.493 e. The maximum absolute atomic E-state index is 12.8. The molecule has 1 aliphatic heterocycles. The van der Waals surface area contributed by atoms with Crippen molar-refractivity contribution in [2.75, 3.05) is 12.4 Å². The second-order valence-electron chi connectivity index (χ2n) is 7.44. The first kappa shape index (κ1) is 20.8. The number of rotatable bonds is 7. The van der Waals surface area contributed by atoms with Crippen molar-refractivity contribution in [1.29, 1.82) is 0 Å². The Balaban J connectivity index is 1.31. The Morgan fingerprint density at radius 3 is 2.78 bits per heavy atom. The maximum atomic E-state index is 12.8. The van der Waals surface area contributed by atoms with Crippen LogP contribution in [0.2, 0.25) is 0 Å². The molecule has 0 saturated heterocycles. The van der Waals surface area contributed by atoms with Crippen LogP contribution in [0.3, 0.4) is 0 Å². The highest BCUT2D eigenvalue weighted by atomic mass is 32.2. The van der Waals surface area contributed by atoms with E-state index in [1.807, 2.05) is 60.0 Å². The summed E-state index contributed by atoms with van der Waals surface area (Å²) >= 11 is 3.04. The monoisotopic (exact) mass is 462 g/mol. The van der Waals surface area contributed by atoms with E-state index in [9.17, 15) is 4.79 Å². The van der Waals surface area contributed by atoms with Crippen molar-refractivity contribution in [3.05, 3.63) is 83.2 Å². The summed E-state index contributed by atoms with van der Waals surface area (Å²) in [6, 6.07) is 22.1. The van der Waals surface area contributed by atoms with Gasteiger partial charge in [-0.3, -0.25) is 9.36 Å². The van der Waals surface area contributed by atoms with Gasteiger partial charge in [-0.25, -0.2) is 0 Å². The number of para-hydroxylation sites is 1. The average molecular weight is 463 g/mol. The van der Waals surface area contributed by atoms with E-state index >= 15 is 0 Å². The van der Waals surface area contributed by atoms with E-state index in [-0.39, 0.29) is 17.7 Å². The standard InChI is InChI=1S/C24H22N4O2S2/c29-22(25-19-12-13-30-20-10-5-4-9-18(19)20)16-32-24-27-26-23(21-11-6-14-31-21)28(24)15-17-7-2-1-3-8-17/h1-11,14,19H,12-13,15-16H2,(H,25,29). The van der Waals surface area contributed by atoms with E-state index in [2.05, 4.69) is 32.2 Å². The number of thiophene rings is 1. The predicted molar refractivity (Wildman–Crippen MR) is 127 cm³/mol. The van der Waals surface area contributed by atoms with Gasteiger partial charge in [0.15, 0.2) is 11.0 Å². The van der Waals surface area contributed by atoms with Gasteiger partial charge in [-0.05, 0) is 23.1 Å². The number of fused-ring (bicyclic) bond motifs is 1. The summed E-state index contributed by atoms with van der Waals surface area (Å²) in [6.45, 7) is 1.25. The van der Waals surface area contributed by atoms with Gasteiger partial charge in [0.1, 0.15) is 5.75 Å². The highest BCUT2D eigenvalue weighted by Gasteiger charge is 2.23. The predicted octanol–water partition coefficient (Wildman–Crippen LogP) is 4.79. The summed E-state index contributed by atoms with van der Waals surface area (Å²) in [7, 11) is 0. The molecule has 4 aromatic rings. The molecular weight excluding hydrogens is 440 g/mol. The number of carbonyl (C=O) groups excluding carboxylic acids is 1. The van der Waals surface area contributed by atoms with Crippen molar-refractivity contribution < 1.29 is 9.53 Å². The van der Waals surface area contributed by atoms with Crippen molar-refractivity contribution in [2.24, 2.45) is 0 Å². The molecule has 1 aliphatic rings. The van der Waals surface area contributed by atoms with Gasteiger partial charge in [-0.15, -0.1) is 21.5 Å². The average Bonchev–Trinajstić information content (AvgIpc) is 3.49. The normalized spacial score (nSPS) is 15.1. The number of hydrogen-bond donors (Lipinski definition) is 1. The van der Waals surface area contributed by atoms with Gasteiger partial charge in [-0.2, -0.15) is 0 Å². The lowest BCUT2D eigenvalue weighted by molar-refractivity contribution is -0.119. The lowest BCUT2D eigenvalue weighted by Crippen LogP contribution is -2.33. The molecule has 0 bridgehead atoms. The number of thioether (sulfide) groups is 1. The fraction of sp³-hybridized carbons (Fsp3) is 0.208. The quantitative estimate of drug-likeness (QED) is 0.400. The van der Waals surface area contributed by atoms with Crippen molar-refractivity contribution in [3.63, 3.8) is 0 Å². The minimum absolute atomic E-state index is 0.0244. The highest BCUT2D eigenvalue weighted by molar-refractivity contribution is 7.99. The molecule has 32 heavy (non-hydrogen) atoms. The molecule has 0 fully saturated rings.